The number of fused-ring (bicyclic) bond motifs is 1. The van der Waals surface area contributed by atoms with Crippen molar-refractivity contribution in [2.45, 2.75) is 89.4 Å². The van der Waals surface area contributed by atoms with Crippen LogP contribution in [0.4, 0.5) is 0 Å². The van der Waals surface area contributed by atoms with Gasteiger partial charge in [-0.05, 0) is 85.9 Å². The topological polar surface area (TPSA) is 186 Å². The van der Waals surface area contributed by atoms with Crippen molar-refractivity contribution < 1.29 is 33.5 Å². The average molecular weight is 760 g/mol. The molecule has 0 saturated carbocycles. The Hall–Kier alpha value is -4.75. The van der Waals surface area contributed by atoms with Crippen LogP contribution in [0.2, 0.25) is 0 Å². The van der Waals surface area contributed by atoms with Crippen molar-refractivity contribution in [1.29, 1.82) is 0 Å². The molecule has 54 heavy (non-hydrogen) atoms. The summed E-state index contributed by atoms with van der Waals surface area (Å²) in [6.45, 7) is 4.91. The second-order valence-corrected chi connectivity index (χ2v) is 15.3. The first kappa shape index (κ1) is 42.0. The van der Waals surface area contributed by atoms with Gasteiger partial charge >= 0.3 is 0 Å². The highest BCUT2D eigenvalue weighted by Gasteiger charge is 2.36. The van der Waals surface area contributed by atoms with E-state index in [1.54, 1.807) is 38.3 Å². The minimum absolute atomic E-state index is 0.0818. The van der Waals surface area contributed by atoms with Gasteiger partial charge in [0.1, 0.15) is 17.8 Å². The number of ether oxygens (including phenoxy) is 1. The molecule has 1 unspecified atom stereocenters. The summed E-state index contributed by atoms with van der Waals surface area (Å²) in [4.78, 5) is 80.1. The van der Waals surface area contributed by atoms with Crippen LogP contribution >= 0.6 is 11.8 Å². The molecule has 13 heteroatoms. The summed E-state index contributed by atoms with van der Waals surface area (Å²) in [5.74, 6) is -1.59. The number of unbranched alkanes of at least 4 members (excludes halogenated alkanes) is 1. The summed E-state index contributed by atoms with van der Waals surface area (Å²) in [6.07, 6.45) is 2.25. The van der Waals surface area contributed by atoms with Crippen LogP contribution in [0, 0.1) is 5.92 Å². The predicted octanol–water partition coefficient (Wildman–Crippen LogP) is 3.41. The Balaban J connectivity index is 1.63. The van der Waals surface area contributed by atoms with E-state index >= 15 is 0 Å². The van der Waals surface area contributed by atoms with E-state index in [0.29, 0.717) is 49.5 Å². The Morgan fingerprint density at radius 2 is 1.56 bits per heavy atom. The lowest BCUT2D eigenvalue weighted by atomic mass is 9.89. The first-order valence-electron chi connectivity index (χ1n) is 18.4. The number of carbonyl (C=O) groups is 6. The molecule has 290 valence electrons. The van der Waals surface area contributed by atoms with Crippen LogP contribution in [0.3, 0.4) is 0 Å². The number of methoxy groups -OCH3 is 1. The van der Waals surface area contributed by atoms with Crippen LogP contribution in [0.15, 0.2) is 66.7 Å². The third-order valence-corrected chi connectivity index (χ3v) is 11.0. The van der Waals surface area contributed by atoms with Crippen LogP contribution in [0.5, 0.6) is 5.75 Å². The van der Waals surface area contributed by atoms with E-state index in [0.717, 1.165) is 21.9 Å². The monoisotopic (exact) mass is 759 g/mol. The zero-order valence-electron chi connectivity index (χ0n) is 31.6. The second kappa shape index (κ2) is 20.1. The van der Waals surface area contributed by atoms with E-state index < -0.39 is 47.3 Å². The Morgan fingerprint density at radius 3 is 2.22 bits per heavy atom. The van der Waals surface area contributed by atoms with Gasteiger partial charge in [-0.1, -0.05) is 54.6 Å². The largest absolute Gasteiger partial charge is 0.497 e. The van der Waals surface area contributed by atoms with E-state index in [9.17, 15) is 28.8 Å². The molecule has 0 radical (unpaired) electrons. The lowest BCUT2D eigenvalue weighted by Crippen LogP contribution is -2.60. The van der Waals surface area contributed by atoms with Gasteiger partial charge in [-0.15, -0.1) is 0 Å². The minimum Gasteiger partial charge on any atom is -0.497 e. The molecule has 4 amide bonds. The fraction of sp³-hybridized carbons (Fsp3) is 0.463. The number of rotatable bonds is 17. The summed E-state index contributed by atoms with van der Waals surface area (Å²) in [7, 11) is 1.55. The number of thioether (sulfide) groups is 1. The molecule has 4 rings (SSSR count). The van der Waals surface area contributed by atoms with Gasteiger partial charge in [-0.25, -0.2) is 0 Å². The smallest absolute Gasteiger partial charge is 0.243 e. The molecular weight excluding hydrogens is 707 g/mol. The van der Waals surface area contributed by atoms with Crippen LogP contribution in [0.25, 0.3) is 10.8 Å². The first-order valence-corrected chi connectivity index (χ1v) is 19.6. The molecule has 3 aromatic rings. The van der Waals surface area contributed by atoms with Crippen molar-refractivity contribution in [3.8, 4) is 5.75 Å². The molecule has 1 aliphatic heterocycles. The maximum atomic E-state index is 14.3. The summed E-state index contributed by atoms with van der Waals surface area (Å²) < 4.78 is 5.30. The summed E-state index contributed by atoms with van der Waals surface area (Å²) >= 11 is 1.51. The molecular formula is C41H53N5O7S. The molecule has 1 fully saturated rings. The molecule has 3 aromatic carbocycles. The number of benzene rings is 3. The fourth-order valence-corrected chi connectivity index (χ4v) is 7.61. The summed E-state index contributed by atoms with van der Waals surface area (Å²) in [5, 5.41) is 13.4. The quantitative estimate of drug-likeness (QED) is 0.129. The number of nitrogens with one attached hydrogen (secondary N) is 4. The number of ketones is 2. The van der Waals surface area contributed by atoms with E-state index in [-0.39, 0.29) is 36.7 Å². The minimum atomic E-state index is -1.19. The van der Waals surface area contributed by atoms with Crippen molar-refractivity contribution in [3.05, 3.63) is 77.9 Å². The second-order valence-electron chi connectivity index (χ2n) is 14.2. The first-order chi connectivity index (χ1) is 25.8. The third-order valence-electron chi connectivity index (χ3n) is 9.88. The molecule has 1 saturated heterocycles. The van der Waals surface area contributed by atoms with Crippen molar-refractivity contribution in [1.82, 2.24) is 21.3 Å². The SMILES string of the molecule is COc1ccc(C[C@H](NC(=O)[C@@H]2CSCC[C@H](NC(C)=O)C(=O)C2)C(=O)N[C@@H](Cc2ccc3ccccc3c2)C(=O)NC(C)(CCCCN)C(C)=O)cc1. The van der Waals surface area contributed by atoms with E-state index in [1.165, 1.54) is 25.6 Å². The zero-order chi connectivity index (χ0) is 39.3. The highest BCUT2D eigenvalue weighted by Crippen LogP contribution is 2.22. The summed E-state index contributed by atoms with van der Waals surface area (Å²) in [6, 6.07) is 17.8. The van der Waals surface area contributed by atoms with Gasteiger partial charge in [0.25, 0.3) is 0 Å². The highest BCUT2D eigenvalue weighted by atomic mass is 32.2. The number of amides is 4. The van der Waals surface area contributed by atoms with Crippen molar-refractivity contribution in [2.24, 2.45) is 11.7 Å². The van der Waals surface area contributed by atoms with Crippen LogP contribution in [-0.4, -0.2) is 84.0 Å². The molecule has 5 atom stereocenters. The number of nitrogens with two attached hydrogens (primary N) is 1. The number of Topliss-reactive ketones (excluding diaryl/α,β-unsaturated/α-hetero) is 2. The Morgan fingerprint density at radius 1 is 0.889 bits per heavy atom. The van der Waals surface area contributed by atoms with Gasteiger partial charge in [0, 0.05) is 31.9 Å². The van der Waals surface area contributed by atoms with Gasteiger partial charge in [0.05, 0.1) is 24.6 Å². The molecule has 0 aliphatic carbocycles. The van der Waals surface area contributed by atoms with Gasteiger partial charge < -0.3 is 31.7 Å². The Kier molecular flexibility index (Phi) is 15.6. The lowest BCUT2D eigenvalue weighted by Gasteiger charge is -2.31. The van der Waals surface area contributed by atoms with E-state index in [2.05, 4.69) is 21.3 Å². The molecule has 0 bridgehead atoms. The number of hydrogen-bond acceptors (Lipinski definition) is 9. The maximum Gasteiger partial charge on any atom is 0.243 e. The van der Waals surface area contributed by atoms with Crippen LogP contribution in [0.1, 0.15) is 64.0 Å². The zero-order valence-corrected chi connectivity index (χ0v) is 32.4. The molecule has 1 aliphatic rings. The van der Waals surface area contributed by atoms with Crippen LogP contribution < -0.4 is 31.7 Å². The van der Waals surface area contributed by atoms with E-state index in [1.807, 2.05) is 42.5 Å². The van der Waals surface area contributed by atoms with Gasteiger partial charge in [0.15, 0.2) is 11.6 Å². The van der Waals surface area contributed by atoms with Gasteiger partial charge in [0.2, 0.25) is 23.6 Å². The van der Waals surface area contributed by atoms with Crippen LogP contribution in [-0.2, 0) is 41.6 Å². The van der Waals surface area contributed by atoms with Crippen molar-refractivity contribution in [2.75, 3.05) is 25.2 Å². The fourth-order valence-electron chi connectivity index (χ4n) is 6.49. The maximum absolute atomic E-state index is 14.3. The van der Waals surface area contributed by atoms with E-state index in [4.69, 9.17) is 10.5 Å². The number of carbonyl (C=O) groups excluding carboxylic acids is 6. The van der Waals surface area contributed by atoms with Gasteiger partial charge in [-0.3, -0.25) is 28.8 Å². The molecule has 1 heterocycles. The predicted molar refractivity (Wildman–Crippen MR) is 211 cm³/mol. The van der Waals surface area contributed by atoms with Gasteiger partial charge in [-0.2, -0.15) is 11.8 Å². The Labute approximate surface area is 321 Å². The third kappa shape index (κ3) is 12.1. The number of hydrogen-bond donors (Lipinski definition) is 5. The molecule has 0 aromatic heterocycles. The van der Waals surface area contributed by atoms with Crippen molar-refractivity contribution in [3.63, 3.8) is 0 Å². The summed E-state index contributed by atoms with van der Waals surface area (Å²) in [5.41, 5.74) is 6.03. The van der Waals surface area contributed by atoms with Crippen molar-refractivity contribution >= 4 is 57.7 Å². The normalized spacial score (nSPS) is 18.2. The molecule has 12 nitrogen and oxygen atoms in total. The molecule has 0 spiro atoms. The average Bonchev–Trinajstić information content (AvgIpc) is 3.14. The highest BCUT2D eigenvalue weighted by molar-refractivity contribution is 7.99. The Bertz CT molecular complexity index is 1800. The molecule has 6 N–H and O–H groups in total. The standard InChI is InChI=1S/C41H53N5O7S/c1-26(47)41(3,18-7-8-19-42)46-40(52)36(23-29-11-14-30-9-5-6-10-31(30)21-29)45-39(51)35(22-28-12-15-33(53-4)16-13-28)44-38(50)32-24-37(49)34(43-27(2)48)17-20-54-25-32/h5-6,9-16,21,32,34-36H,7-8,17-20,22-25,42H2,1-4H3,(H,43,48)(H,44,50)(H,45,51)(H,46,52)/t32-,34-,35-,36-,41?/m0/s1. The lowest BCUT2D eigenvalue weighted by molar-refractivity contribution is -0.135.